The Morgan fingerprint density at radius 2 is 1.69 bits per heavy atom. The number of carboxylic acids is 1. The Bertz CT molecular complexity index is 1210. The number of rotatable bonds is 6. The third kappa shape index (κ3) is 5.09. The minimum Gasteiger partial charge on any atom is -0.489 e. The van der Waals surface area contributed by atoms with Crippen LogP contribution in [0.15, 0.2) is 82.2 Å². The number of thiocarbonyl (C=S) groups is 1. The van der Waals surface area contributed by atoms with Gasteiger partial charge in [-0.2, -0.15) is 0 Å². The second-order valence-electron chi connectivity index (χ2n) is 6.85. The third-order valence-corrected chi connectivity index (χ3v) is 6.49. The van der Waals surface area contributed by atoms with Crippen LogP contribution in [0.25, 0.3) is 6.08 Å². The lowest BCUT2D eigenvalue weighted by Gasteiger charge is -2.14. The molecule has 1 aliphatic heterocycles. The Balaban J connectivity index is 1.41. The molecular weight excluding hydrogens is 510 g/mol. The van der Waals surface area contributed by atoms with Gasteiger partial charge in [-0.25, -0.2) is 4.79 Å². The Morgan fingerprint density at radius 1 is 1.03 bits per heavy atom. The van der Waals surface area contributed by atoms with Crippen molar-refractivity contribution in [1.82, 2.24) is 0 Å². The summed E-state index contributed by atoms with van der Waals surface area (Å²) >= 11 is 10.1. The molecule has 0 saturated carbocycles. The van der Waals surface area contributed by atoms with E-state index in [-0.39, 0.29) is 11.5 Å². The van der Waals surface area contributed by atoms with Crippen LogP contribution in [0, 0.1) is 0 Å². The minimum absolute atomic E-state index is 0.146. The van der Waals surface area contributed by atoms with Crippen LogP contribution < -0.4 is 9.64 Å². The number of amides is 1. The molecule has 1 saturated heterocycles. The zero-order valence-electron chi connectivity index (χ0n) is 16.5. The minimum atomic E-state index is -0.957. The highest BCUT2D eigenvalue weighted by Gasteiger charge is 2.33. The first-order chi connectivity index (χ1) is 15.4. The summed E-state index contributed by atoms with van der Waals surface area (Å²) in [4.78, 5) is 25.9. The number of benzene rings is 3. The van der Waals surface area contributed by atoms with Crippen molar-refractivity contribution in [1.29, 1.82) is 0 Å². The van der Waals surface area contributed by atoms with E-state index in [0.717, 1.165) is 21.3 Å². The lowest BCUT2D eigenvalue weighted by Crippen LogP contribution is -2.27. The van der Waals surface area contributed by atoms with Gasteiger partial charge in [-0.1, -0.05) is 64.2 Å². The molecule has 0 aliphatic carbocycles. The summed E-state index contributed by atoms with van der Waals surface area (Å²) in [6.45, 7) is 0.324. The quantitative estimate of drug-likeness (QED) is 0.308. The third-order valence-electron chi connectivity index (χ3n) is 4.66. The molecule has 4 rings (SSSR count). The second kappa shape index (κ2) is 9.68. The molecule has 1 amide bonds. The molecule has 3 aromatic rings. The summed E-state index contributed by atoms with van der Waals surface area (Å²) in [7, 11) is 0. The van der Waals surface area contributed by atoms with Gasteiger partial charge in [-0.15, -0.1) is 0 Å². The van der Waals surface area contributed by atoms with Gasteiger partial charge in [0.05, 0.1) is 16.2 Å². The summed E-state index contributed by atoms with van der Waals surface area (Å²) in [5.74, 6) is -0.430. The zero-order valence-corrected chi connectivity index (χ0v) is 19.7. The van der Waals surface area contributed by atoms with Crippen LogP contribution >= 0.6 is 39.9 Å². The molecule has 5 nitrogen and oxygen atoms in total. The van der Waals surface area contributed by atoms with E-state index >= 15 is 0 Å². The van der Waals surface area contributed by atoms with Gasteiger partial charge >= 0.3 is 5.97 Å². The monoisotopic (exact) mass is 525 g/mol. The molecule has 32 heavy (non-hydrogen) atoms. The summed E-state index contributed by atoms with van der Waals surface area (Å²) in [5.41, 5.74) is 2.71. The number of aromatic carboxylic acids is 1. The van der Waals surface area contributed by atoms with Gasteiger partial charge in [-0.3, -0.25) is 9.69 Å². The van der Waals surface area contributed by atoms with E-state index in [2.05, 4.69) is 15.9 Å². The number of carboxylic acid groups (broad SMARTS) is 1. The van der Waals surface area contributed by atoms with Crippen LogP contribution in [0.1, 0.15) is 21.5 Å². The van der Waals surface area contributed by atoms with Gasteiger partial charge in [0.25, 0.3) is 5.91 Å². The van der Waals surface area contributed by atoms with Crippen LogP contribution in [0.4, 0.5) is 5.69 Å². The number of halogens is 1. The summed E-state index contributed by atoms with van der Waals surface area (Å²) < 4.78 is 7.20. The van der Waals surface area contributed by atoms with Crippen molar-refractivity contribution in [2.45, 2.75) is 6.61 Å². The highest BCUT2D eigenvalue weighted by Crippen LogP contribution is 2.36. The normalized spacial score (nSPS) is 14.8. The summed E-state index contributed by atoms with van der Waals surface area (Å²) in [5, 5.41) is 8.96. The molecule has 0 atom stereocenters. The molecule has 1 aliphatic rings. The van der Waals surface area contributed by atoms with Crippen LogP contribution in [0.2, 0.25) is 0 Å². The predicted molar refractivity (Wildman–Crippen MR) is 134 cm³/mol. The highest BCUT2D eigenvalue weighted by molar-refractivity contribution is 9.10. The molecular formula is C24H16BrNO4S2. The summed E-state index contributed by atoms with van der Waals surface area (Å²) in [6, 6.07) is 21.4. The molecule has 1 N–H and O–H groups in total. The molecule has 8 heteroatoms. The van der Waals surface area contributed by atoms with E-state index in [1.807, 2.05) is 54.6 Å². The van der Waals surface area contributed by atoms with E-state index in [1.54, 1.807) is 24.3 Å². The Labute approximate surface area is 202 Å². The van der Waals surface area contributed by atoms with E-state index in [4.69, 9.17) is 22.1 Å². The van der Waals surface area contributed by atoms with Crippen molar-refractivity contribution in [3.05, 3.63) is 98.9 Å². The van der Waals surface area contributed by atoms with Gasteiger partial charge in [0, 0.05) is 4.47 Å². The number of anilines is 1. The standard InChI is InChI=1S/C24H16BrNO4S2/c25-18-7-9-19(10-8-18)26-22(27)21(32-24(26)31)13-15-3-11-20(12-4-15)30-14-16-1-5-17(6-2-16)23(28)29/h1-13H,14H2,(H,28,29)/b21-13-. The first-order valence-corrected chi connectivity index (χ1v) is 11.5. The van der Waals surface area contributed by atoms with Crippen LogP contribution in [-0.4, -0.2) is 21.3 Å². The predicted octanol–water partition coefficient (Wildman–Crippen LogP) is 6.13. The SMILES string of the molecule is O=C(O)c1ccc(COc2ccc(/C=C3\SC(=S)N(c4ccc(Br)cc4)C3=O)cc2)cc1. The Morgan fingerprint density at radius 3 is 2.31 bits per heavy atom. The maximum Gasteiger partial charge on any atom is 0.335 e. The largest absolute Gasteiger partial charge is 0.489 e. The lowest BCUT2D eigenvalue weighted by atomic mass is 10.1. The molecule has 0 radical (unpaired) electrons. The number of carbonyl (C=O) groups is 2. The van der Waals surface area contributed by atoms with E-state index in [9.17, 15) is 9.59 Å². The van der Waals surface area contributed by atoms with Crippen LogP contribution in [0.3, 0.4) is 0 Å². The molecule has 0 aromatic heterocycles. The van der Waals surface area contributed by atoms with E-state index in [1.165, 1.54) is 16.7 Å². The van der Waals surface area contributed by atoms with E-state index < -0.39 is 5.97 Å². The maximum absolute atomic E-state index is 12.9. The Hall–Kier alpha value is -2.94. The van der Waals surface area contributed by atoms with Gasteiger partial charge in [0.2, 0.25) is 0 Å². The molecule has 0 spiro atoms. The summed E-state index contributed by atoms with van der Waals surface area (Å²) in [6.07, 6.45) is 1.81. The highest BCUT2D eigenvalue weighted by atomic mass is 79.9. The fourth-order valence-electron chi connectivity index (χ4n) is 3.00. The number of hydrogen-bond donors (Lipinski definition) is 1. The lowest BCUT2D eigenvalue weighted by molar-refractivity contribution is -0.113. The fraction of sp³-hybridized carbons (Fsp3) is 0.0417. The van der Waals surface area contributed by atoms with Gasteiger partial charge in [0.1, 0.15) is 12.4 Å². The molecule has 0 bridgehead atoms. The van der Waals surface area contributed by atoms with Crippen molar-refractivity contribution in [3.63, 3.8) is 0 Å². The number of thioether (sulfide) groups is 1. The average molecular weight is 526 g/mol. The van der Waals surface area contributed by atoms with Crippen molar-refractivity contribution < 1.29 is 19.4 Å². The average Bonchev–Trinajstić information content (AvgIpc) is 3.07. The second-order valence-corrected chi connectivity index (χ2v) is 9.44. The van der Waals surface area contributed by atoms with Crippen molar-refractivity contribution in [3.8, 4) is 5.75 Å². The van der Waals surface area contributed by atoms with Crippen molar-refractivity contribution in [2.75, 3.05) is 4.90 Å². The van der Waals surface area contributed by atoms with Crippen LogP contribution in [-0.2, 0) is 11.4 Å². The first kappa shape index (κ1) is 22.3. The van der Waals surface area contributed by atoms with Crippen molar-refractivity contribution in [2.24, 2.45) is 0 Å². The maximum atomic E-state index is 12.9. The number of hydrogen-bond acceptors (Lipinski definition) is 5. The number of ether oxygens (including phenoxy) is 1. The topological polar surface area (TPSA) is 66.8 Å². The molecule has 1 fully saturated rings. The van der Waals surface area contributed by atoms with Crippen LogP contribution in [0.5, 0.6) is 5.75 Å². The molecule has 160 valence electrons. The van der Waals surface area contributed by atoms with Gasteiger partial charge in [-0.05, 0) is 65.7 Å². The number of carbonyl (C=O) groups excluding carboxylic acids is 1. The molecule has 0 unspecified atom stereocenters. The first-order valence-electron chi connectivity index (χ1n) is 9.49. The molecule has 1 heterocycles. The van der Waals surface area contributed by atoms with Gasteiger partial charge < -0.3 is 9.84 Å². The van der Waals surface area contributed by atoms with Crippen molar-refractivity contribution >= 4 is 67.9 Å². The van der Waals surface area contributed by atoms with Gasteiger partial charge in [0.15, 0.2) is 4.32 Å². The smallest absolute Gasteiger partial charge is 0.335 e. The fourth-order valence-corrected chi connectivity index (χ4v) is 4.57. The number of nitrogens with zero attached hydrogens (tertiary/aromatic N) is 1. The zero-order chi connectivity index (χ0) is 22.7. The molecule has 3 aromatic carbocycles. The Kier molecular flexibility index (Phi) is 6.74. The van der Waals surface area contributed by atoms with E-state index in [0.29, 0.717) is 21.6 Å².